The fraction of sp³-hybridized carbons (Fsp3) is 0.727. The number of carbonyl (C=O) groups is 3. The van der Waals surface area contributed by atoms with E-state index in [1.165, 1.54) is 6.92 Å². The molecular formula is C33H50O18. The Kier molecular flexibility index (Phi) is 16.4. The summed E-state index contributed by atoms with van der Waals surface area (Å²) in [4.78, 5) is 38.0. The summed E-state index contributed by atoms with van der Waals surface area (Å²) in [5, 5.41) is 79.2. The quantitative estimate of drug-likeness (QED) is 0.0384. The number of methoxy groups -OCH3 is 1. The van der Waals surface area contributed by atoms with Crippen LogP contribution in [0.15, 0.2) is 35.1 Å². The van der Waals surface area contributed by atoms with E-state index in [1.54, 1.807) is 19.1 Å². The molecule has 3 aliphatic heterocycles. The molecule has 18 nitrogen and oxygen atoms in total. The van der Waals surface area contributed by atoms with Crippen molar-refractivity contribution in [3.05, 3.63) is 35.1 Å². The standard InChI is InChI=1S/C33H50O18/c1-5-17-18(19(30(44)45-4)14-47-31(17)51-33-28(42)26(40)24(38)21(13-35)49-33)11-22(36)46-10-9-15(2)7-6-8-16(3)29(43)50-32-27(41)25(39)23(37)20(12-34)48-32/h5,8,14-15,18,20-21,23-28,31-35,37-42H,6-7,9-13H2,1-4H3/b16-8+,17-5+/t15-,18-,20+,21+,23+,24+,25-,26-,27+,28+,31-,32-,33-/m0/s1. The van der Waals surface area contributed by atoms with Gasteiger partial charge >= 0.3 is 17.9 Å². The maximum Gasteiger partial charge on any atom is 0.337 e. The number of esters is 3. The Morgan fingerprint density at radius 2 is 1.47 bits per heavy atom. The molecule has 0 aliphatic carbocycles. The van der Waals surface area contributed by atoms with Gasteiger partial charge in [0.25, 0.3) is 0 Å². The van der Waals surface area contributed by atoms with Gasteiger partial charge in [-0.3, -0.25) is 4.79 Å². The minimum atomic E-state index is -1.72. The Labute approximate surface area is 294 Å². The third-order valence-electron chi connectivity index (χ3n) is 8.98. The highest BCUT2D eigenvalue weighted by Crippen LogP contribution is 2.36. The molecule has 290 valence electrons. The fourth-order valence-corrected chi connectivity index (χ4v) is 5.70. The van der Waals surface area contributed by atoms with Gasteiger partial charge in [-0.15, -0.1) is 0 Å². The Hall–Kier alpha value is -3.01. The lowest BCUT2D eigenvalue weighted by molar-refractivity contribution is -0.327. The summed E-state index contributed by atoms with van der Waals surface area (Å²) in [6.45, 7) is 3.71. The van der Waals surface area contributed by atoms with Crippen molar-refractivity contribution in [3.63, 3.8) is 0 Å². The van der Waals surface area contributed by atoms with Crippen LogP contribution in [0.2, 0.25) is 0 Å². The van der Waals surface area contributed by atoms with Crippen LogP contribution in [0.1, 0.15) is 46.5 Å². The average Bonchev–Trinajstić information content (AvgIpc) is 3.11. The number of rotatable bonds is 15. The number of aliphatic hydroxyl groups excluding tert-OH is 8. The van der Waals surface area contributed by atoms with E-state index < -0.39 is 105 Å². The molecule has 0 aromatic heterocycles. The Morgan fingerprint density at radius 3 is 2.04 bits per heavy atom. The zero-order valence-corrected chi connectivity index (χ0v) is 28.8. The number of hydrogen-bond acceptors (Lipinski definition) is 18. The van der Waals surface area contributed by atoms with Crippen LogP contribution in [0.25, 0.3) is 0 Å². The van der Waals surface area contributed by atoms with Gasteiger partial charge in [0.05, 0.1) is 45.2 Å². The van der Waals surface area contributed by atoms with E-state index in [0.29, 0.717) is 19.3 Å². The number of ether oxygens (including phenoxy) is 7. The number of hydrogen-bond donors (Lipinski definition) is 8. The van der Waals surface area contributed by atoms with E-state index in [9.17, 15) is 55.2 Å². The molecule has 0 radical (unpaired) electrons. The van der Waals surface area contributed by atoms with E-state index in [-0.39, 0.29) is 35.7 Å². The predicted molar refractivity (Wildman–Crippen MR) is 169 cm³/mol. The second-order valence-corrected chi connectivity index (χ2v) is 12.6. The van der Waals surface area contributed by atoms with Crippen LogP contribution in [0.3, 0.4) is 0 Å². The summed E-state index contributed by atoms with van der Waals surface area (Å²) in [6, 6.07) is 0. The largest absolute Gasteiger partial charge is 0.468 e. The summed E-state index contributed by atoms with van der Waals surface area (Å²) >= 11 is 0. The van der Waals surface area contributed by atoms with Gasteiger partial charge in [0.2, 0.25) is 12.6 Å². The molecule has 8 N–H and O–H groups in total. The van der Waals surface area contributed by atoms with Crippen molar-refractivity contribution in [1.29, 1.82) is 0 Å². The second kappa shape index (κ2) is 19.7. The molecule has 0 aromatic carbocycles. The Morgan fingerprint density at radius 1 is 0.882 bits per heavy atom. The van der Waals surface area contributed by atoms with Gasteiger partial charge in [0, 0.05) is 17.1 Å². The average molecular weight is 735 g/mol. The molecule has 0 saturated carbocycles. The van der Waals surface area contributed by atoms with Crippen LogP contribution in [0.4, 0.5) is 0 Å². The topological polar surface area (TPSA) is 278 Å². The molecule has 51 heavy (non-hydrogen) atoms. The smallest absolute Gasteiger partial charge is 0.337 e. The summed E-state index contributed by atoms with van der Waals surface area (Å²) in [6.07, 6.45) is -11.5. The first kappa shape index (κ1) is 42.4. The van der Waals surface area contributed by atoms with E-state index in [0.717, 1.165) is 13.4 Å². The number of allylic oxidation sites excluding steroid dienone is 2. The van der Waals surface area contributed by atoms with E-state index in [1.807, 2.05) is 6.92 Å². The molecule has 0 unspecified atom stereocenters. The van der Waals surface area contributed by atoms with Gasteiger partial charge in [0.15, 0.2) is 6.29 Å². The molecular weight excluding hydrogens is 684 g/mol. The van der Waals surface area contributed by atoms with Gasteiger partial charge in [-0.25, -0.2) is 9.59 Å². The van der Waals surface area contributed by atoms with Crippen LogP contribution in [-0.4, -0.2) is 153 Å². The van der Waals surface area contributed by atoms with Crippen molar-refractivity contribution in [1.82, 2.24) is 0 Å². The molecule has 0 bridgehead atoms. The number of carbonyl (C=O) groups excluding carboxylic acids is 3. The monoisotopic (exact) mass is 734 g/mol. The highest BCUT2D eigenvalue weighted by Gasteiger charge is 2.47. The van der Waals surface area contributed by atoms with Crippen LogP contribution < -0.4 is 0 Å². The maximum absolute atomic E-state index is 13.0. The van der Waals surface area contributed by atoms with Gasteiger partial charge in [0.1, 0.15) is 48.8 Å². The van der Waals surface area contributed by atoms with Crippen molar-refractivity contribution in [2.45, 2.75) is 114 Å². The molecule has 3 aliphatic rings. The zero-order chi connectivity index (χ0) is 38.0. The van der Waals surface area contributed by atoms with Gasteiger partial charge in [-0.05, 0) is 39.0 Å². The molecule has 13 atom stereocenters. The molecule has 2 fully saturated rings. The minimum Gasteiger partial charge on any atom is -0.468 e. The van der Waals surface area contributed by atoms with E-state index >= 15 is 0 Å². The first-order valence-corrected chi connectivity index (χ1v) is 16.6. The normalized spacial score (nSPS) is 35.7. The molecule has 18 heteroatoms. The SMILES string of the molecule is C/C=C1/[C@H](O[C@@H]2O[C@H](CO)[C@@H](O)[C@H](O)[C@H]2O)OC=C(C(=O)OC)[C@H]1CC(=O)OCC[C@@H](C)CC/C=C(\C)C(=O)O[C@@H]1O[C@H](CO)[C@@H](O)[C@H](O)[C@H]1O. The molecule has 2 saturated heterocycles. The van der Waals surface area contributed by atoms with Crippen molar-refractivity contribution >= 4 is 17.9 Å². The second-order valence-electron chi connectivity index (χ2n) is 12.6. The Bertz CT molecular complexity index is 1260. The highest BCUT2D eigenvalue weighted by molar-refractivity contribution is 5.90. The van der Waals surface area contributed by atoms with E-state index in [4.69, 9.17) is 33.2 Å². The van der Waals surface area contributed by atoms with Gasteiger partial charge < -0.3 is 74.0 Å². The molecule has 0 spiro atoms. The lowest BCUT2D eigenvalue weighted by Gasteiger charge is -2.41. The zero-order valence-electron chi connectivity index (χ0n) is 28.8. The third kappa shape index (κ3) is 10.8. The van der Waals surface area contributed by atoms with E-state index in [2.05, 4.69) is 0 Å². The third-order valence-corrected chi connectivity index (χ3v) is 8.98. The molecule has 0 aromatic rings. The number of aliphatic hydroxyl groups is 8. The van der Waals surface area contributed by atoms with Crippen LogP contribution in [0.5, 0.6) is 0 Å². The van der Waals surface area contributed by atoms with Crippen molar-refractivity contribution in [3.8, 4) is 0 Å². The summed E-state index contributed by atoms with van der Waals surface area (Å²) in [7, 11) is 1.16. The molecule has 3 rings (SSSR count). The highest BCUT2D eigenvalue weighted by atomic mass is 16.8. The lowest BCUT2D eigenvalue weighted by atomic mass is 9.86. The maximum atomic E-state index is 13.0. The molecule has 0 amide bonds. The van der Waals surface area contributed by atoms with Crippen LogP contribution in [-0.2, 0) is 47.5 Å². The van der Waals surface area contributed by atoms with Crippen molar-refractivity contribution in [2.24, 2.45) is 11.8 Å². The summed E-state index contributed by atoms with van der Waals surface area (Å²) < 4.78 is 37.3. The first-order chi connectivity index (χ1) is 24.2. The summed E-state index contributed by atoms with van der Waals surface area (Å²) in [5.41, 5.74) is 0.481. The Balaban J connectivity index is 1.51. The summed E-state index contributed by atoms with van der Waals surface area (Å²) in [5.74, 6) is -3.13. The van der Waals surface area contributed by atoms with Gasteiger partial charge in [-0.1, -0.05) is 19.1 Å². The first-order valence-electron chi connectivity index (χ1n) is 16.6. The van der Waals surface area contributed by atoms with Crippen LogP contribution >= 0.6 is 0 Å². The minimum absolute atomic E-state index is 0.00297. The molecule has 3 heterocycles. The van der Waals surface area contributed by atoms with Crippen molar-refractivity contribution < 1.29 is 88.4 Å². The fourth-order valence-electron chi connectivity index (χ4n) is 5.70. The predicted octanol–water partition coefficient (Wildman–Crippen LogP) is -2.19. The van der Waals surface area contributed by atoms with Crippen molar-refractivity contribution in [2.75, 3.05) is 26.9 Å². The van der Waals surface area contributed by atoms with Crippen LogP contribution in [0, 0.1) is 11.8 Å². The lowest BCUT2D eigenvalue weighted by Crippen LogP contribution is -2.60. The van der Waals surface area contributed by atoms with Gasteiger partial charge in [-0.2, -0.15) is 0 Å².